The number of thiophene rings is 1. The molecule has 0 aliphatic carbocycles. The normalized spacial score (nSPS) is 12.4. The minimum absolute atomic E-state index is 0.178. The van der Waals surface area contributed by atoms with Crippen LogP contribution in [0.15, 0.2) is 22.9 Å². The van der Waals surface area contributed by atoms with Crippen LogP contribution in [-0.2, 0) is 11.3 Å². The average molecular weight is 284 g/mol. The highest BCUT2D eigenvalue weighted by molar-refractivity contribution is 7.07. The number of rotatable bonds is 5. The summed E-state index contributed by atoms with van der Waals surface area (Å²) in [7, 11) is 1.60. The van der Waals surface area contributed by atoms with Gasteiger partial charge in [-0.25, -0.2) is 9.97 Å². The van der Waals surface area contributed by atoms with E-state index in [0.29, 0.717) is 23.4 Å². The fraction of sp³-hybridized carbons (Fsp3) is 0.333. The fourth-order valence-electron chi connectivity index (χ4n) is 1.56. The number of halogens is 1. The number of nitrogens with zero attached hydrogens (tertiary/aromatic N) is 2. The second kappa shape index (κ2) is 6.13. The van der Waals surface area contributed by atoms with Gasteiger partial charge in [0.1, 0.15) is 17.6 Å². The molecule has 1 atom stereocenters. The smallest absolute Gasteiger partial charge is 0.158 e. The highest BCUT2D eigenvalue weighted by Gasteiger charge is 2.08. The molecule has 0 aliphatic heterocycles. The van der Waals surface area contributed by atoms with E-state index in [2.05, 4.69) is 39.0 Å². The third-order valence-electron chi connectivity index (χ3n) is 2.42. The van der Waals surface area contributed by atoms with Crippen molar-refractivity contribution in [2.24, 2.45) is 0 Å². The molecule has 0 amide bonds. The molecule has 0 spiro atoms. The van der Waals surface area contributed by atoms with Crippen molar-refractivity contribution < 1.29 is 4.74 Å². The predicted octanol–water partition coefficient (Wildman–Crippen LogP) is 3.51. The van der Waals surface area contributed by atoms with Gasteiger partial charge >= 0.3 is 0 Å². The van der Waals surface area contributed by atoms with Crippen molar-refractivity contribution in [2.75, 3.05) is 12.4 Å². The minimum Gasteiger partial charge on any atom is -0.377 e. The van der Waals surface area contributed by atoms with Crippen LogP contribution < -0.4 is 5.32 Å². The van der Waals surface area contributed by atoms with Gasteiger partial charge in [-0.2, -0.15) is 11.3 Å². The lowest BCUT2D eigenvalue weighted by Gasteiger charge is -2.14. The van der Waals surface area contributed by atoms with Crippen molar-refractivity contribution in [3.8, 4) is 0 Å². The standard InChI is InChI=1S/C12H14ClN3OS/c1-8(9-3-4-18-7-9)14-11-5-10(13)15-12(16-11)6-17-2/h3-5,7-8H,6H2,1-2H3,(H,14,15,16). The first-order valence-corrected chi connectivity index (χ1v) is 6.82. The van der Waals surface area contributed by atoms with E-state index in [9.17, 15) is 0 Å². The number of anilines is 1. The Morgan fingerprint density at radius 1 is 1.50 bits per heavy atom. The third kappa shape index (κ3) is 3.41. The molecule has 0 bridgehead atoms. The maximum atomic E-state index is 5.95. The van der Waals surface area contributed by atoms with Crippen molar-refractivity contribution in [1.29, 1.82) is 0 Å². The van der Waals surface area contributed by atoms with E-state index in [1.54, 1.807) is 24.5 Å². The lowest BCUT2D eigenvalue weighted by molar-refractivity contribution is 0.178. The molecule has 4 nitrogen and oxygen atoms in total. The summed E-state index contributed by atoms with van der Waals surface area (Å²) >= 11 is 7.62. The maximum absolute atomic E-state index is 5.95. The van der Waals surface area contributed by atoms with E-state index in [1.165, 1.54) is 5.56 Å². The molecule has 1 unspecified atom stereocenters. The molecule has 1 N–H and O–H groups in total. The van der Waals surface area contributed by atoms with Crippen LogP contribution in [0.1, 0.15) is 24.4 Å². The van der Waals surface area contributed by atoms with Crippen molar-refractivity contribution in [1.82, 2.24) is 9.97 Å². The van der Waals surface area contributed by atoms with Crippen molar-refractivity contribution in [3.05, 3.63) is 39.4 Å². The van der Waals surface area contributed by atoms with Gasteiger partial charge in [0.05, 0.1) is 6.04 Å². The van der Waals surface area contributed by atoms with Crippen LogP contribution in [0.4, 0.5) is 5.82 Å². The summed E-state index contributed by atoms with van der Waals surface area (Å²) in [4.78, 5) is 8.43. The molecule has 2 heterocycles. The Bertz CT molecular complexity index is 504. The van der Waals surface area contributed by atoms with Crippen LogP contribution in [0.3, 0.4) is 0 Å². The number of methoxy groups -OCH3 is 1. The zero-order valence-corrected chi connectivity index (χ0v) is 11.8. The monoisotopic (exact) mass is 283 g/mol. The van der Waals surface area contributed by atoms with E-state index in [0.717, 1.165) is 0 Å². The van der Waals surface area contributed by atoms with Crippen molar-refractivity contribution in [2.45, 2.75) is 19.6 Å². The van der Waals surface area contributed by atoms with E-state index in [4.69, 9.17) is 16.3 Å². The van der Waals surface area contributed by atoms with Gasteiger partial charge in [-0.05, 0) is 29.3 Å². The van der Waals surface area contributed by atoms with E-state index >= 15 is 0 Å². The molecule has 18 heavy (non-hydrogen) atoms. The largest absolute Gasteiger partial charge is 0.377 e. The van der Waals surface area contributed by atoms with Gasteiger partial charge in [-0.15, -0.1) is 0 Å². The van der Waals surface area contributed by atoms with Gasteiger partial charge in [0.15, 0.2) is 5.82 Å². The van der Waals surface area contributed by atoms with Gasteiger partial charge in [0, 0.05) is 13.2 Å². The van der Waals surface area contributed by atoms with E-state index in [-0.39, 0.29) is 6.04 Å². The summed E-state index contributed by atoms with van der Waals surface area (Å²) in [6.07, 6.45) is 0. The van der Waals surface area contributed by atoms with Crippen LogP contribution >= 0.6 is 22.9 Å². The first-order chi connectivity index (χ1) is 8.69. The SMILES string of the molecule is COCc1nc(Cl)cc(NC(C)c2ccsc2)n1. The fourth-order valence-corrected chi connectivity index (χ4v) is 2.51. The van der Waals surface area contributed by atoms with Crippen molar-refractivity contribution in [3.63, 3.8) is 0 Å². The number of hydrogen-bond acceptors (Lipinski definition) is 5. The molecule has 0 aromatic carbocycles. The average Bonchev–Trinajstić information content (AvgIpc) is 2.81. The third-order valence-corrected chi connectivity index (χ3v) is 3.32. The van der Waals surface area contributed by atoms with Gasteiger partial charge in [-0.1, -0.05) is 11.6 Å². The Morgan fingerprint density at radius 2 is 2.33 bits per heavy atom. The zero-order valence-electron chi connectivity index (χ0n) is 10.2. The minimum atomic E-state index is 0.178. The Morgan fingerprint density at radius 3 is 3.00 bits per heavy atom. The number of hydrogen-bond donors (Lipinski definition) is 1. The number of nitrogens with one attached hydrogen (secondary N) is 1. The lowest BCUT2D eigenvalue weighted by atomic mass is 10.2. The topological polar surface area (TPSA) is 47.0 Å². The number of ether oxygens (including phenoxy) is 1. The molecular weight excluding hydrogens is 270 g/mol. The second-order valence-corrected chi connectivity index (χ2v) is 5.02. The Balaban J connectivity index is 2.13. The molecule has 0 fully saturated rings. The van der Waals surface area contributed by atoms with E-state index in [1.807, 2.05) is 0 Å². The first-order valence-electron chi connectivity index (χ1n) is 5.50. The zero-order chi connectivity index (χ0) is 13.0. The van der Waals surface area contributed by atoms with Gasteiger partial charge in [0.2, 0.25) is 0 Å². The van der Waals surface area contributed by atoms with Crippen LogP contribution in [-0.4, -0.2) is 17.1 Å². The van der Waals surface area contributed by atoms with Gasteiger partial charge in [-0.3, -0.25) is 0 Å². The van der Waals surface area contributed by atoms with Gasteiger partial charge in [0.25, 0.3) is 0 Å². The van der Waals surface area contributed by atoms with Gasteiger partial charge < -0.3 is 10.1 Å². The summed E-state index contributed by atoms with van der Waals surface area (Å²) in [6, 6.07) is 3.97. The molecule has 2 aromatic rings. The molecule has 96 valence electrons. The highest BCUT2D eigenvalue weighted by atomic mass is 35.5. The second-order valence-electron chi connectivity index (χ2n) is 3.85. The lowest BCUT2D eigenvalue weighted by Crippen LogP contribution is -2.09. The molecule has 0 aliphatic rings. The molecule has 6 heteroatoms. The Hall–Kier alpha value is -1.17. The highest BCUT2D eigenvalue weighted by Crippen LogP contribution is 2.21. The van der Waals surface area contributed by atoms with Crippen LogP contribution in [0.25, 0.3) is 0 Å². The van der Waals surface area contributed by atoms with Crippen LogP contribution in [0.2, 0.25) is 5.15 Å². The summed E-state index contributed by atoms with van der Waals surface area (Å²) in [5.41, 5.74) is 1.23. The summed E-state index contributed by atoms with van der Waals surface area (Å²) in [5, 5.41) is 7.87. The quantitative estimate of drug-likeness (QED) is 0.853. The van der Waals surface area contributed by atoms with E-state index < -0.39 is 0 Å². The summed E-state index contributed by atoms with van der Waals surface area (Å²) in [6.45, 7) is 2.43. The molecule has 0 radical (unpaired) electrons. The Kier molecular flexibility index (Phi) is 4.52. The maximum Gasteiger partial charge on any atom is 0.158 e. The molecule has 0 saturated heterocycles. The van der Waals surface area contributed by atoms with Crippen LogP contribution in [0, 0.1) is 0 Å². The molecule has 0 saturated carbocycles. The predicted molar refractivity (Wildman–Crippen MR) is 74.1 cm³/mol. The van der Waals surface area contributed by atoms with Crippen LogP contribution in [0.5, 0.6) is 0 Å². The molecular formula is C12H14ClN3OS. The first kappa shape index (κ1) is 13.3. The number of aromatic nitrogens is 2. The molecule has 2 rings (SSSR count). The molecule has 2 aromatic heterocycles. The Labute approximate surface area is 115 Å². The van der Waals surface area contributed by atoms with Crippen molar-refractivity contribution >= 4 is 28.8 Å². The summed E-state index contributed by atoms with van der Waals surface area (Å²) in [5.74, 6) is 1.28. The summed E-state index contributed by atoms with van der Waals surface area (Å²) < 4.78 is 5.01.